The predicted molar refractivity (Wildman–Crippen MR) is 185 cm³/mol. The van der Waals surface area contributed by atoms with Crippen molar-refractivity contribution in [3.8, 4) is 0 Å². The summed E-state index contributed by atoms with van der Waals surface area (Å²) in [5, 5.41) is 10.1. The molecule has 2 amide bonds. The Morgan fingerprint density at radius 3 is 2.48 bits per heavy atom. The number of amides is 2. The number of thioether (sulfide) groups is 1. The molecule has 0 N–H and O–H groups in total. The zero-order valence-electron chi connectivity index (χ0n) is 24.2. The second kappa shape index (κ2) is 11.7. The number of hydrogen-bond acceptors (Lipinski definition) is 8. The maximum Gasteiger partial charge on any atom is 0.297 e. The summed E-state index contributed by atoms with van der Waals surface area (Å²) in [6.45, 7) is 0.0429. The summed E-state index contributed by atoms with van der Waals surface area (Å²) < 4.78 is 21.0. The Kier molecular flexibility index (Phi) is 7.57. The van der Waals surface area contributed by atoms with Crippen molar-refractivity contribution in [2.24, 2.45) is 0 Å². The number of halogens is 4. The molecule has 2 aromatic heterocycles. The van der Waals surface area contributed by atoms with Crippen LogP contribution in [-0.2, 0) is 22.6 Å². The second-order valence-electron chi connectivity index (χ2n) is 11.0. The van der Waals surface area contributed by atoms with E-state index in [9.17, 15) is 14.0 Å². The lowest BCUT2D eigenvalue weighted by molar-refractivity contribution is -0.121. The van der Waals surface area contributed by atoms with E-state index in [0.29, 0.717) is 42.0 Å². The monoisotopic (exact) mass is 734 g/mol. The molecule has 4 heterocycles. The van der Waals surface area contributed by atoms with E-state index in [1.165, 1.54) is 27.6 Å². The van der Waals surface area contributed by atoms with E-state index < -0.39 is 28.6 Å². The van der Waals surface area contributed by atoms with Gasteiger partial charge in [-0.2, -0.15) is 0 Å². The van der Waals surface area contributed by atoms with Crippen LogP contribution in [-0.4, -0.2) is 22.0 Å². The standard InChI is InChI=1S/C34H18Cl3FN4O4S2/c35-19-10-9-18(24(37)13-19)16-47-33-40-39-32(48-33)42-30(44)29-27(28(43)21-14-20(38)11-12-26(21)46-29)34(42)22-6-2-4-8-25(22)41(31(34)45)15-17-5-1-3-7-23(17)36/h1-14H,15-16H2. The highest BCUT2D eigenvalue weighted by Crippen LogP contribution is 2.55. The average molecular weight is 736 g/mol. The molecule has 0 bridgehead atoms. The summed E-state index contributed by atoms with van der Waals surface area (Å²) in [5.41, 5.74) is -0.677. The van der Waals surface area contributed by atoms with Gasteiger partial charge in [0, 0.05) is 26.4 Å². The molecule has 4 aromatic carbocycles. The Labute approximate surface area is 294 Å². The first-order chi connectivity index (χ1) is 23.2. The minimum Gasteiger partial charge on any atom is -0.450 e. The Balaban J connectivity index is 1.32. The molecule has 1 spiro atoms. The third kappa shape index (κ3) is 4.67. The number of rotatable bonds is 6. The van der Waals surface area contributed by atoms with Crippen LogP contribution >= 0.6 is 57.9 Å². The van der Waals surface area contributed by atoms with Gasteiger partial charge in [-0.15, -0.1) is 10.2 Å². The van der Waals surface area contributed by atoms with Gasteiger partial charge in [0.25, 0.3) is 11.8 Å². The SMILES string of the molecule is O=C1c2oc3ccc(F)cc3c(=O)c2C2(C(=O)N(Cc3ccccc3Cl)c3ccccc32)N1c1nnc(SCc2ccc(Cl)cc2Cl)s1. The van der Waals surface area contributed by atoms with Gasteiger partial charge in [0.05, 0.1) is 23.2 Å². The predicted octanol–water partition coefficient (Wildman–Crippen LogP) is 8.49. The van der Waals surface area contributed by atoms with E-state index in [1.807, 2.05) is 6.07 Å². The number of hydrogen-bond donors (Lipinski definition) is 0. The van der Waals surface area contributed by atoms with Crippen molar-refractivity contribution in [2.75, 3.05) is 9.80 Å². The Bertz CT molecular complexity index is 2400. The number of benzene rings is 4. The van der Waals surface area contributed by atoms with E-state index in [1.54, 1.807) is 60.7 Å². The molecule has 0 fully saturated rings. The molecule has 6 aromatic rings. The third-order valence-electron chi connectivity index (χ3n) is 8.33. The lowest BCUT2D eigenvalue weighted by Crippen LogP contribution is -2.53. The molecule has 238 valence electrons. The Morgan fingerprint density at radius 2 is 1.67 bits per heavy atom. The fraction of sp³-hybridized carbons (Fsp3) is 0.0882. The van der Waals surface area contributed by atoms with E-state index in [4.69, 9.17) is 39.2 Å². The molecule has 1 atom stereocenters. The van der Waals surface area contributed by atoms with Crippen LogP contribution < -0.4 is 15.2 Å². The summed E-state index contributed by atoms with van der Waals surface area (Å²) in [4.78, 5) is 46.6. The number of anilines is 2. The van der Waals surface area contributed by atoms with Crippen LogP contribution in [0.4, 0.5) is 15.2 Å². The lowest BCUT2D eigenvalue weighted by atomic mass is 9.84. The summed E-state index contributed by atoms with van der Waals surface area (Å²) >= 11 is 21.3. The van der Waals surface area contributed by atoms with Gasteiger partial charge >= 0.3 is 0 Å². The highest BCUT2D eigenvalue weighted by molar-refractivity contribution is 8.00. The summed E-state index contributed by atoms with van der Waals surface area (Å²) in [7, 11) is 0. The average Bonchev–Trinajstić information content (AvgIpc) is 3.71. The van der Waals surface area contributed by atoms with Crippen molar-refractivity contribution in [2.45, 2.75) is 22.2 Å². The maximum absolute atomic E-state index is 15.1. The van der Waals surface area contributed by atoms with Crippen molar-refractivity contribution in [3.05, 3.63) is 144 Å². The van der Waals surface area contributed by atoms with Crippen LogP contribution in [0.3, 0.4) is 0 Å². The summed E-state index contributed by atoms with van der Waals surface area (Å²) in [6.07, 6.45) is 0. The van der Waals surface area contributed by atoms with Gasteiger partial charge in [-0.3, -0.25) is 19.3 Å². The number of carbonyl (C=O) groups excluding carboxylic acids is 2. The molecule has 0 saturated heterocycles. The topological polar surface area (TPSA) is 96.6 Å². The third-order valence-corrected chi connectivity index (χ3v) is 11.4. The molecule has 1 unspecified atom stereocenters. The second-order valence-corrected chi connectivity index (χ2v) is 14.4. The smallest absolute Gasteiger partial charge is 0.297 e. The van der Waals surface area contributed by atoms with Gasteiger partial charge in [-0.25, -0.2) is 4.39 Å². The Morgan fingerprint density at radius 1 is 0.875 bits per heavy atom. The number of para-hydroxylation sites is 1. The molecule has 8 nitrogen and oxygen atoms in total. The zero-order valence-corrected chi connectivity index (χ0v) is 28.1. The number of nitrogens with zero attached hydrogens (tertiary/aromatic N) is 4. The number of carbonyl (C=O) groups is 2. The fourth-order valence-electron chi connectivity index (χ4n) is 6.22. The van der Waals surface area contributed by atoms with Crippen LogP contribution in [0, 0.1) is 5.82 Å². The summed E-state index contributed by atoms with van der Waals surface area (Å²) in [6, 6.07) is 22.6. The molecule has 0 aliphatic carbocycles. The van der Waals surface area contributed by atoms with Gasteiger partial charge in [0.2, 0.25) is 10.9 Å². The van der Waals surface area contributed by atoms with E-state index in [2.05, 4.69) is 10.2 Å². The van der Waals surface area contributed by atoms with E-state index in [-0.39, 0.29) is 34.0 Å². The van der Waals surface area contributed by atoms with Gasteiger partial charge in [-0.1, -0.05) is 100 Å². The van der Waals surface area contributed by atoms with Crippen LogP contribution in [0.15, 0.2) is 98.5 Å². The van der Waals surface area contributed by atoms with Gasteiger partial charge in [-0.05, 0) is 53.6 Å². The maximum atomic E-state index is 15.1. The molecular weight excluding hydrogens is 718 g/mol. The van der Waals surface area contributed by atoms with Gasteiger partial charge in [0.1, 0.15) is 11.4 Å². The van der Waals surface area contributed by atoms with Crippen LogP contribution in [0.5, 0.6) is 0 Å². The Hall–Kier alpha value is -4.26. The number of fused-ring (bicyclic) bond motifs is 5. The molecule has 8 rings (SSSR count). The minimum absolute atomic E-state index is 0.00510. The largest absolute Gasteiger partial charge is 0.450 e. The highest BCUT2D eigenvalue weighted by atomic mass is 35.5. The fourth-order valence-corrected chi connectivity index (χ4v) is 8.86. The van der Waals surface area contributed by atoms with Crippen molar-refractivity contribution in [1.82, 2.24) is 10.2 Å². The van der Waals surface area contributed by atoms with Crippen molar-refractivity contribution >= 4 is 91.5 Å². The van der Waals surface area contributed by atoms with Crippen LogP contribution in [0.1, 0.15) is 32.8 Å². The zero-order chi connectivity index (χ0) is 33.3. The first-order valence-corrected chi connectivity index (χ1v) is 17.3. The summed E-state index contributed by atoms with van der Waals surface area (Å²) in [5.74, 6) is -1.94. The normalized spacial score (nSPS) is 16.8. The van der Waals surface area contributed by atoms with E-state index in [0.717, 1.165) is 29.0 Å². The first kappa shape index (κ1) is 31.0. The van der Waals surface area contributed by atoms with Gasteiger partial charge in [0.15, 0.2) is 15.3 Å². The van der Waals surface area contributed by atoms with Crippen molar-refractivity contribution in [3.63, 3.8) is 0 Å². The lowest BCUT2D eigenvalue weighted by Gasteiger charge is -2.32. The number of aromatic nitrogens is 2. The molecule has 0 saturated carbocycles. The quantitative estimate of drug-likeness (QED) is 0.125. The van der Waals surface area contributed by atoms with Crippen molar-refractivity contribution in [1.29, 1.82) is 0 Å². The van der Waals surface area contributed by atoms with Crippen molar-refractivity contribution < 1.29 is 18.4 Å². The van der Waals surface area contributed by atoms with Gasteiger partial charge < -0.3 is 9.32 Å². The molecule has 48 heavy (non-hydrogen) atoms. The molecule has 2 aliphatic heterocycles. The minimum atomic E-state index is -2.04. The molecular formula is C34H18Cl3FN4O4S2. The first-order valence-electron chi connectivity index (χ1n) is 14.3. The highest BCUT2D eigenvalue weighted by Gasteiger charge is 2.66. The van der Waals surface area contributed by atoms with Crippen LogP contribution in [0.25, 0.3) is 11.0 Å². The van der Waals surface area contributed by atoms with E-state index >= 15 is 4.79 Å². The molecule has 14 heteroatoms. The molecule has 2 aliphatic rings. The molecule has 0 radical (unpaired) electrons. The van der Waals surface area contributed by atoms with Crippen LogP contribution in [0.2, 0.25) is 15.1 Å².